The van der Waals surface area contributed by atoms with E-state index >= 15 is 0 Å². The number of fused-ring (bicyclic) bond motifs is 1. The molecule has 0 saturated carbocycles. The first-order chi connectivity index (χ1) is 14.0. The fourth-order valence-electron chi connectivity index (χ4n) is 3.07. The molecule has 1 atom stereocenters. The van der Waals surface area contributed by atoms with Gasteiger partial charge in [-0.05, 0) is 31.9 Å². The Morgan fingerprint density at radius 3 is 2.90 bits per heavy atom. The molecular weight excluding hydrogens is 386 g/mol. The van der Waals surface area contributed by atoms with Gasteiger partial charge in [-0.2, -0.15) is 5.10 Å². The molecule has 8 nitrogen and oxygen atoms in total. The summed E-state index contributed by atoms with van der Waals surface area (Å²) in [6.07, 6.45) is 1.99. The lowest BCUT2D eigenvalue weighted by Gasteiger charge is -2.25. The van der Waals surface area contributed by atoms with Crippen molar-refractivity contribution >= 4 is 23.6 Å². The summed E-state index contributed by atoms with van der Waals surface area (Å²) in [7, 11) is 3.47. The molecule has 2 N–H and O–H groups in total. The molecule has 0 bridgehead atoms. The standard InChI is InChI=1S/C20H29N7OS/c1-15-23-19-17(10-7-12-27(19)25-15)24-20(22-14-18(28)26(2)3)21-11-13-29-16-8-5-4-6-9-16/h4-6,8-9,17H,7,10-14H2,1-3H3,(H2,21,22,24). The second-order valence-electron chi connectivity index (χ2n) is 7.12. The van der Waals surface area contributed by atoms with E-state index in [0.717, 1.165) is 43.3 Å². The summed E-state index contributed by atoms with van der Waals surface area (Å²) in [4.78, 5) is 23.8. The number of likely N-dealkylation sites (N-methyl/N-ethyl adjacent to an activating group) is 1. The average Bonchev–Trinajstić information content (AvgIpc) is 3.10. The van der Waals surface area contributed by atoms with Crippen LogP contribution in [-0.2, 0) is 11.3 Å². The van der Waals surface area contributed by atoms with Gasteiger partial charge in [-0.1, -0.05) is 18.2 Å². The summed E-state index contributed by atoms with van der Waals surface area (Å²) in [6.45, 7) is 3.64. The molecule has 156 valence electrons. The van der Waals surface area contributed by atoms with Crippen molar-refractivity contribution < 1.29 is 4.79 Å². The minimum Gasteiger partial charge on any atom is -0.356 e. The highest BCUT2D eigenvalue weighted by Crippen LogP contribution is 2.22. The van der Waals surface area contributed by atoms with Crippen molar-refractivity contribution in [2.45, 2.75) is 37.2 Å². The van der Waals surface area contributed by atoms with E-state index in [-0.39, 0.29) is 18.5 Å². The topological polar surface area (TPSA) is 87.4 Å². The second-order valence-corrected chi connectivity index (χ2v) is 8.29. The molecule has 0 aliphatic carbocycles. The highest BCUT2D eigenvalue weighted by atomic mass is 32.2. The lowest BCUT2D eigenvalue weighted by Crippen LogP contribution is -2.43. The third-order valence-corrected chi connectivity index (χ3v) is 5.58. The van der Waals surface area contributed by atoms with Crippen LogP contribution < -0.4 is 10.6 Å². The minimum atomic E-state index is -0.0348. The van der Waals surface area contributed by atoms with Crippen LogP contribution in [0.4, 0.5) is 0 Å². The number of amides is 1. The predicted molar refractivity (Wildman–Crippen MR) is 116 cm³/mol. The van der Waals surface area contributed by atoms with Crippen molar-refractivity contribution in [1.82, 2.24) is 30.3 Å². The van der Waals surface area contributed by atoms with Crippen LogP contribution in [-0.4, -0.2) is 64.5 Å². The molecular formula is C20H29N7OS. The van der Waals surface area contributed by atoms with Crippen molar-refractivity contribution in [1.29, 1.82) is 0 Å². The van der Waals surface area contributed by atoms with Gasteiger partial charge in [-0.3, -0.25) is 4.79 Å². The predicted octanol–water partition coefficient (Wildman–Crippen LogP) is 1.84. The fraction of sp³-hybridized carbons (Fsp3) is 0.500. The maximum Gasteiger partial charge on any atom is 0.243 e. The van der Waals surface area contributed by atoms with Gasteiger partial charge in [0.05, 0.1) is 6.04 Å². The number of benzene rings is 1. The number of nitrogens with zero attached hydrogens (tertiary/aromatic N) is 5. The van der Waals surface area contributed by atoms with Gasteiger partial charge in [0.2, 0.25) is 5.91 Å². The van der Waals surface area contributed by atoms with Crippen LogP contribution in [0.5, 0.6) is 0 Å². The molecule has 1 aliphatic rings. The van der Waals surface area contributed by atoms with E-state index in [1.54, 1.807) is 30.8 Å². The Kier molecular flexibility index (Phi) is 7.51. The smallest absolute Gasteiger partial charge is 0.243 e. The molecule has 1 aliphatic heterocycles. The first-order valence-electron chi connectivity index (χ1n) is 9.87. The lowest BCUT2D eigenvalue weighted by molar-refractivity contribution is -0.127. The Balaban J connectivity index is 1.61. The van der Waals surface area contributed by atoms with Crippen LogP contribution in [0.15, 0.2) is 40.2 Å². The third-order valence-electron chi connectivity index (χ3n) is 4.57. The summed E-state index contributed by atoms with van der Waals surface area (Å²) < 4.78 is 1.96. The highest BCUT2D eigenvalue weighted by molar-refractivity contribution is 7.99. The van der Waals surface area contributed by atoms with Gasteiger partial charge in [0.1, 0.15) is 18.2 Å². The van der Waals surface area contributed by atoms with Gasteiger partial charge in [0.25, 0.3) is 0 Å². The normalized spacial score (nSPS) is 16.2. The number of guanidine groups is 1. The number of hydrogen-bond acceptors (Lipinski definition) is 5. The number of hydrogen-bond donors (Lipinski definition) is 2. The van der Waals surface area contributed by atoms with E-state index in [4.69, 9.17) is 0 Å². The average molecular weight is 416 g/mol. The maximum absolute atomic E-state index is 12.0. The molecule has 2 heterocycles. The summed E-state index contributed by atoms with van der Waals surface area (Å²) in [5, 5.41) is 11.3. The maximum atomic E-state index is 12.0. The zero-order valence-corrected chi connectivity index (χ0v) is 18.1. The molecule has 0 fully saturated rings. The van der Waals surface area contributed by atoms with Crippen LogP contribution in [0.1, 0.15) is 30.5 Å². The van der Waals surface area contributed by atoms with Gasteiger partial charge in [-0.25, -0.2) is 14.7 Å². The molecule has 1 aromatic heterocycles. The summed E-state index contributed by atoms with van der Waals surface area (Å²) >= 11 is 1.78. The molecule has 0 radical (unpaired) electrons. The van der Waals surface area contributed by atoms with Gasteiger partial charge >= 0.3 is 0 Å². The van der Waals surface area contributed by atoms with Gasteiger partial charge in [0.15, 0.2) is 5.96 Å². The number of aryl methyl sites for hydroxylation is 2. The van der Waals surface area contributed by atoms with Crippen LogP contribution in [0.2, 0.25) is 0 Å². The monoisotopic (exact) mass is 415 g/mol. The van der Waals surface area contributed by atoms with Gasteiger partial charge in [-0.15, -0.1) is 11.8 Å². The minimum absolute atomic E-state index is 0.0347. The molecule has 1 unspecified atom stereocenters. The Hall–Kier alpha value is -2.55. The molecule has 1 aromatic carbocycles. The lowest BCUT2D eigenvalue weighted by atomic mass is 10.1. The van der Waals surface area contributed by atoms with E-state index in [1.165, 1.54) is 4.90 Å². The van der Waals surface area contributed by atoms with Gasteiger partial charge in [0, 0.05) is 37.8 Å². The summed E-state index contributed by atoms with van der Waals surface area (Å²) in [5.74, 6) is 3.20. The number of rotatable bonds is 7. The molecule has 2 aromatic rings. The fourth-order valence-corrected chi connectivity index (χ4v) is 3.86. The summed E-state index contributed by atoms with van der Waals surface area (Å²) in [6, 6.07) is 10.3. The number of nitrogens with one attached hydrogen (secondary N) is 2. The van der Waals surface area contributed by atoms with Crippen molar-refractivity contribution in [3.63, 3.8) is 0 Å². The number of thioether (sulfide) groups is 1. The Morgan fingerprint density at radius 1 is 1.34 bits per heavy atom. The van der Waals surface area contributed by atoms with E-state index in [9.17, 15) is 4.79 Å². The summed E-state index contributed by atoms with van der Waals surface area (Å²) in [5.41, 5.74) is 0. The van der Waals surface area contributed by atoms with E-state index in [0.29, 0.717) is 5.96 Å². The first-order valence-corrected chi connectivity index (χ1v) is 10.9. The van der Waals surface area contributed by atoms with Crippen molar-refractivity contribution in [3.8, 4) is 0 Å². The van der Waals surface area contributed by atoms with Crippen LogP contribution in [0, 0.1) is 6.92 Å². The number of aliphatic imine (C=N–C) groups is 1. The Morgan fingerprint density at radius 2 is 2.14 bits per heavy atom. The van der Waals surface area contributed by atoms with Crippen molar-refractivity contribution in [3.05, 3.63) is 42.0 Å². The zero-order chi connectivity index (χ0) is 20.6. The Labute approximate surface area is 176 Å². The van der Waals surface area contributed by atoms with Crippen LogP contribution in [0.3, 0.4) is 0 Å². The second kappa shape index (κ2) is 10.3. The first kappa shape index (κ1) is 21.2. The molecule has 1 amide bonds. The number of carbonyl (C=O) groups is 1. The van der Waals surface area contributed by atoms with Crippen LogP contribution in [0.25, 0.3) is 0 Å². The van der Waals surface area contributed by atoms with Crippen LogP contribution >= 0.6 is 11.8 Å². The molecule has 3 rings (SSSR count). The molecule has 0 spiro atoms. The number of aromatic nitrogens is 3. The van der Waals surface area contributed by atoms with E-state index in [2.05, 4.69) is 37.8 Å². The van der Waals surface area contributed by atoms with E-state index in [1.807, 2.05) is 29.8 Å². The largest absolute Gasteiger partial charge is 0.356 e. The highest BCUT2D eigenvalue weighted by Gasteiger charge is 2.24. The molecule has 9 heteroatoms. The van der Waals surface area contributed by atoms with Crippen molar-refractivity contribution in [2.75, 3.05) is 32.9 Å². The quantitative estimate of drug-likeness (QED) is 0.311. The number of carbonyl (C=O) groups excluding carboxylic acids is 1. The SMILES string of the molecule is Cc1nc2n(n1)CCCC2NC(=NCC(=O)N(C)C)NCCSc1ccccc1. The third kappa shape index (κ3) is 6.22. The zero-order valence-electron chi connectivity index (χ0n) is 17.3. The van der Waals surface area contributed by atoms with E-state index < -0.39 is 0 Å². The molecule has 0 saturated heterocycles. The van der Waals surface area contributed by atoms with Gasteiger partial charge < -0.3 is 15.5 Å². The molecule has 29 heavy (non-hydrogen) atoms. The Bertz CT molecular complexity index is 835. The van der Waals surface area contributed by atoms with Crippen molar-refractivity contribution in [2.24, 2.45) is 4.99 Å².